The molecule has 2 nitrogen and oxygen atoms in total. The van der Waals surface area contributed by atoms with Gasteiger partial charge in [0.25, 0.3) is 0 Å². The van der Waals surface area contributed by atoms with E-state index in [4.69, 9.17) is 10.5 Å². The zero-order valence-electron chi connectivity index (χ0n) is 5.97. The van der Waals surface area contributed by atoms with Crippen molar-refractivity contribution >= 4 is 0 Å². The van der Waals surface area contributed by atoms with E-state index in [1.54, 1.807) is 0 Å². The number of nitrogens with two attached hydrogens (primary N) is 1. The predicted octanol–water partition coefficient (Wildman–Crippen LogP) is 0.903. The van der Waals surface area contributed by atoms with Gasteiger partial charge in [-0.1, -0.05) is 6.92 Å². The molecule has 9 heavy (non-hydrogen) atoms. The molecule has 2 heteroatoms. The fraction of sp³-hybridized carbons (Fsp3) is 1.00. The van der Waals surface area contributed by atoms with Crippen molar-refractivity contribution in [3.8, 4) is 0 Å². The van der Waals surface area contributed by atoms with Crippen LogP contribution in [0.5, 0.6) is 0 Å². The summed E-state index contributed by atoms with van der Waals surface area (Å²) in [5, 5.41) is 0. The van der Waals surface area contributed by atoms with Crippen molar-refractivity contribution in [2.24, 2.45) is 5.73 Å². The minimum atomic E-state index is 0.299. The molecule has 0 aromatic rings. The molecule has 1 heterocycles. The fourth-order valence-electron chi connectivity index (χ4n) is 1.15. The van der Waals surface area contributed by atoms with Gasteiger partial charge in [0.15, 0.2) is 0 Å². The van der Waals surface area contributed by atoms with Gasteiger partial charge in [-0.3, -0.25) is 0 Å². The lowest BCUT2D eigenvalue weighted by Gasteiger charge is -2.25. The highest BCUT2D eigenvalue weighted by atomic mass is 16.5. The Balaban J connectivity index is 2.18. The molecule has 0 amide bonds. The Hall–Kier alpha value is -0.0800. The van der Waals surface area contributed by atoms with Gasteiger partial charge in [0, 0.05) is 6.04 Å². The van der Waals surface area contributed by atoms with Gasteiger partial charge in [-0.15, -0.1) is 0 Å². The second-order valence-electron chi connectivity index (χ2n) is 2.70. The summed E-state index contributed by atoms with van der Waals surface area (Å²) >= 11 is 0. The van der Waals surface area contributed by atoms with Crippen molar-refractivity contribution in [2.45, 2.75) is 38.3 Å². The molecule has 1 saturated heterocycles. The first-order chi connectivity index (χ1) is 4.33. The van der Waals surface area contributed by atoms with E-state index in [2.05, 4.69) is 6.92 Å². The van der Waals surface area contributed by atoms with E-state index in [1.165, 1.54) is 0 Å². The largest absolute Gasteiger partial charge is 0.377 e. The number of hydrogen-bond donors (Lipinski definition) is 1. The molecule has 2 atom stereocenters. The van der Waals surface area contributed by atoms with Gasteiger partial charge in [-0.05, 0) is 19.3 Å². The Morgan fingerprint density at radius 1 is 1.56 bits per heavy atom. The van der Waals surface area contributed by atoms with Gasteiger partial charge in [0.05, 0.1) is 12.7 Å². The summed E-state index contributed by atoms with van der Waals surface area (Å²) in [4.78, 5) is 0. The van der Waals surface area contributed by atoms with Crippen LogP contribution >= 0.6 is 0 Å². The monoisotopic (exact) mass is 129 g/mol. The van der Waals surface area contributed by atoms with Gasteiger partial charge in [0.2, 0.25) is 0 Å². The molecule has 1 rings (SSSR count). The Kier molecular flexibility index (Phi) is 2.49. The summed E-state index contributed by atoms with van der Waals surface area (Å²) in [6, 6.07) is 0.299. The average molecular weight is 129 g/mol. The van der Waals surface area contributed by atoms with E-state index in [0.717, 1.165) is 25.9 Å². The molecule has 0 spiro atoms. The molecule has 0 radical (unpaired) electrons. The number of hydrogen-bond acceptors (Lipinski definition) is 2. The fourth-order valence-corrected chi connectivity index (χ4v) is 1.15. The van der Waals surface area contributed by atoms with Crippen LogP contribution in [0.25, 0.3) is 0 Å². The van der Waals surface area contributed by atoms with Crippen molar-refractivity contribution in [3.05, 3.63) is 0 Å². The second-order valence-corrected chi connectivity index (χ2v) is 2.70. The molecule has 0 aromatic carbocycles. The standard InChI is InChI=1S/C7H15NO/c1-2-7-4-3-6(8)5-9-7/h6-7H,2-5,8H2,1H3. The minimum Gasteiger partial charge on any atom is -0.377 e. The molecule has 1 fully saturated rings. The summed E-state index contributed by atoms with van der Waals surface area (Å²) in [6.07, 6.45) is 3.91. The van der Waals surface area contributed by atoms with E-state index < -0.39 is 0 Å². The zero-order chi connectivity index (χ0) is 6.69. The third-order valence-corrected chi connectivity index (χ3v) is 1.86. The van der Waals surface area contributed by atoms with Crippen molar-refractivity contribution in [1.82, 2.24) is 0 Å². The molecule has 0 aliphatic carbocycles. The highest BCUT2D eigenvalue weighted by Gasteiger charge is 2.16. The molecule has 2 N–H and O–H groups in total. The minimum absolute atomic E-state index is 0.299. The molecular formula is C7H15NO. The molecule has 0 aromatic heterocycles. The first kappa shape index (κ1) is 7.03. The highest BCUT2D eigenvalue weighted by Crippen LogP contribution is 2.13. The van der Waals surface area contributed by atoms with Gasteiger partial charge in [-0.2, -0.15) is 0 Å². The normalized spacial score (nSPS) is 36.7. The molecule has 0 bridgehead atoms. The van der Waals surface area contributed by atoms with Crippen molar-refractivity contribution in [1.29, 1.82) is 0 Å². The van der Waals surface area contributed by atoms with E-state index in [1.807, 2.05) is 0 Å². The van der Waals surface area contributed by atoms with Crippen LogP contribution in [0.4, 0.5) is 0 Å². The van der Waals surface area contributed by atoms with Crippen LogP contribution in [-0.4, -0.2) is 18.8 Å². The van der Waals surface area contributed by atoms with E-state index in [0.29, 0.717) is 12.1 Å². The van der Waals surface area contributed by atoms with Crippen molar-refractivity contribution < 1.29 is 4.74 Å². The molecule has 2 unspecified atom stereocenters. The summed E-state index contributed by atoms with van der Waals surface area (Å²) in [5.41, 5.74) is 5.63. The van der Waals surface area contributed by atoms with Crippen LogP contribution in [0.3, 0.4) is 0 Å². The molecule has 0 saturated carbocycles. The lowest BCUT2D eigenvalue weighted by Crippen LogP contribution is -2.34. The van der Waals surface area contributed by atoms with Crippen molar-refractivity contribution in [2.75, 3.05) is 6.61 Å². The lowest BCUT2D eigenvalue weighted by atomic mass is 10.0. The Morgan fingerprint density at radius 2 is 2.33 bits per heavy atom. The predicted molar refractivity (Wildman–Crippen MR) is 37.2 cm³/mol. The zero-order valence-corrected chi connectivity index (χ0v) is 5.97. The molecule has 54 valence electrons. The van der Waals surface area contributed by atoms with Crippen LogP contribution in [0.1, 0.15) is 26.2 Å². The smallest absolute Gasteiger partial charge is 0.0621 e. The van der Waals surface area contributed by atoms with Crippen molar-refractivity contribution in [3.63, 3.8) is 0 Å². The average Bonchev–Trinajstić information content (AvgIpc) is 1.90. The van der Waals surface area contributed by atoms with Crippen LogP contribution in [-0.2, 0) is 4.74 Å². The quantitative estimate of drug-likeness (QED) is 0.571. The van der Waals surface area contributed by atoms with Gasteiger partial charge >= 0.3 is 0 Å². The van der Waals surface area contributed by atoms with Crippen LogP contribution in [0.2, 0.25) is 0 Å². The maximum Gasteiger partial charge on any atom is 0.0621 e. The topological polar surface area (TPSA) is 35.2 Å². The lowest BCUT2D eigenvalue weighted by molar-refractivity contribution is 0.00372. The molecular weight excluding hydrogens is 114 g/mol. The van der Waals surface area contributed by atoms with Crippen LogP contribution in [0, 0.1) is 0 Å². The first-order valence-electron chi connectivity index (χ1n) is 3.70. The molecule has 1 aliphatic heterocycles. The van der Waals surface area contributed by atoms with Crippen LogP contribution < -0.4 is 5.73 Å². The Bertz CT molecular complexity index is 77.0. The second kappa shape index (κ2) is 3.18. The summed E-state index contributed by atoms with van der Waals surface area (Å²) in [5.74, 6) is 0. The third kappa shape index (κ3) is 1.95. The van der Waals surface area contributed by atoms with Gasteiger partial charge in [0.1, 0.15) is 0 Å². The number of ether oxygens (including phenoxy) is 1. The SMILES string of the molecule is CCC1CCC(N)CO1. The first-order valence-corrected chi connectivity index (χ1v) is 3.70. The van der Waals surface area contributed by atoms with E-state index in [-0.39, 0.29) is 0 Å². The van der Waals surface area contributed by atoms with E-state index >= 15 is 0 Å². The summed E-state index contributed by atoms with van der Waals surface area (Å²) in [6.45, 7) is 2.92. The molecule has 1 aliphatic rings. The van der Waals surface area contributed by atoms with E-state index in [9.17, 15) is 0 Å². The number of rotatable bonds is 1. The van der Waals surface area contributed by atoms with Crippen LogP contribution in [0.15, 0.2) is 0 Å². The Labute approximate surface area is 56.4 Å². The van der Waals surface area contributed by atoms with Gasteiger partial charge < -0.3 is 10.5 Å². The van der Waals surface area contributed by atoms with Gasteiger partial charge in [-0.25, -0.2) is 0 Å². The summed E-state index contributed by atoms with van der Waals surface area (Å²) in [7, 11) is 0. The maximum absolute atomic E-state index is 5.63. The maximum atomic E-state index is 5.63. The third-order valence-electron chi connectivity index (χ3n) is 1.86. The highest BCUT2D eigenvalue weighted by molar-refractivity contribution is 4.70. The summed E-state index contributed by atoms with van der Waals surface area (Å²) < 4.78 is 5.41. The Morgan fingerprint density at radius 3 is 2.78 bits per heavy atom.